The molecule has 0 bridgehead atoms. The van der Waals surface area contributed by atoms with Crippen molar-refractivity contribution in [3.8, 4) is 5.75 Å². The van der Waals surface area contributed by atoms with Gasteiger partial charge in [-0.2, -0.15) is 0 Å². The van der Waals surface area contributed by atoms with Crippen LogP contribution >= 0.6 is 0 Å². The zero-order valence-electron chi connectivity index (χ0n) is 25.6. The Kier molecular flexibility index (Phi) is 12.7. The fourth-order valence-electron chi connectivity index (χ4n) is 3.15. The highest BCUT2D eigenvalue weighted by molar-refractivity contribution is 6.74. The highest BCUT2D eigenvalue weighted by atomic mass is 28.4. The van der Waals surface area contributed by atoms with Gasteiger partial charge in [0, 0.05) is 18.4 Å². The van der Waals surface area contributed by atoms with E-state index in [0.717, 1.165) is 5.56 Å². The largest absolute Gasteiger partial charge is 0.509 e. The van der Waals surface area contributed by atoms with E-state index in [9.17, 15) is 15.0 Å². The standard InChI is InChI=1S/C30H49FO7Si/c1-20(21(2)38-39(10,11)30(6,7)8)18-24(31)27(37-19-22-12-14-23(35-9)15-13-22)26(33)25(32)16-17-36-28(34)29(3,4)5/h12-15,18,20-21,27,32-33H,16-17,19H2,1-11H3/b24-18+,26-25-/t20-,21-,27?/m1/s1. The fraction of sp³-hybridized carbons (Fsp3) is 0.633. The van der Waals surface area contributed by atoms with Crippen LogP contribution in [0.25, 0.3) is 0 Å². The average Bonchev–Trinajstić information content (AvgIpc) is 2.82. The molecule has 1 aromatic rings. The highest BCUT2D eigenvalue weighted by Gasteiger charge is 2.39. The molecule has 1 aromatic carbocycles. The van der Waals surface area contributed by atoms with Crippen molar-refractivity contribution in [2.45, 2.75) is 98.8 Å². The topological polar surface area (TPSA) is 94.5 Å². The number of carbonyl (C=O) groups excluding carboxylic acids is 1. The molecule has 0 aromatic heterocycles. The molecule has 39 heavy (non-hydrogen) atoms. The Bertz CT molecular complexity index is 988. The summed E-state index contributed by atoms with van der Waals surface area (Å²) in [6, 6.07) is 7.03. The molecule has 222 valence electrons. The Balaban J connectivity index is 3.16. The van der Waals surface area contributed by atoms with Crippen molar-refractivity contribution in [1.29, 1.82) is 0 Å². The van der Waals surface area contributed by atoms with Gasteiger partial charge in [0.25, 0.3) is 0 Å². The smallest absolute Gasteiger partial charge is 0.311 e. The van der Waals surface area contributed by atoms with Gasteiger partial charge in [-0.05, 0) is 69.6 Å². The lowest BCUT2D eigenvalue weighted by atomic mass is 9.97. The van der Waals surface area contributed by atoms with E-state index in [4.69, 9.17) is 18.6 Å². The van der Waals surface area contributed by atoms with E-state index in [2.05, 4.69) is 33.9 Å². The van der Waals surface area contributed by atoms with E-state index < -0.39 is 43.2 Å². The summed E-state index contributed by atoms with van der Waals surface area (Å²) in [6.07, 6.45) is -0.660. The van der Waals surface area contributed by atoms with Crippen LogP contribution in [0, 0.1) is 11.3 Å². The maximum atomic E-state index is 15.7. The lowest BCUT2D eigenvalue weighted by Crippen LogP contribution is -2.44. The van der Waals surface area contributed by atoms with Gasteiger partial charge in [-0.1, -0.05) is 39.8 Å². The average molecular weight is 569 g/mol. The van der Waals surface area contributed by atoms with Crippen LogP contribution in [0.3, 0.4) is 0 Å². The molecule has 7 nitrogen and oxygen atoms in total. The minimum Gasteiger partial charge on any atom is -0.509 e. The Morgan fingerprint density at radius 3 is 2.10 bits per heavy atom. The molecule has 0 spiro atoms. The summed E-state index contributed by atoms with van der Waals surface area (Å²) in [5.74, 6) is -2.06. The number of ether oxygens (including phenoxy) is 3. The zero-order chi connectivity index (χ0) is 30.2. The van der Waals surface area contributed by atoms with Gasteiger partial charge in [0.1, 0.15) is 17.3 Å². The third-order valence-corrected chi connectivity index (χ3v) is 11.6. The summed E-state index contributed by atoms with van der Waals surface area (Å²) >= 11 is 0. The highest BCUT2D eigenvalue weighted by Crippen LogP contribution is 2.38. The monoisotopic (exact) mass is 568 g/mol. The van der Waals surface area contributed by atoms with Crippen molar-refractivity contribution in [3.63, 3.8) is 0 Å². The number of hydrogen-bond donors (Lipinski definition) is 2. The lowest BCUT2D eigenvalue weighted by Gasteiger charge is -2.39. The van der Waals surface area contributed by atoms with Crippen LogP contribution in [0.4, 0.5) is 4.39 Å². The van der Waals surface area contributed by atoms with Crippen LogP contribution in [0.1, 0.15) is 67.4 Å². The molecular weight excluding hydrogens is 519 g/mol. The second-order valence-corrected chi connectivity index (χ2v) is 17.3. The molecule has 2 N–H and O–H groups in total. The van der Waals surface area contributed by atoms with Crippen LogP contribution in [0.5, 0.6) is 5.75 Å². The van der Waals surface area contributed by atoms with Gasteiger partial charge in [0.05, 0.1) is 25.7 Å². The summed E-state index contributed by atoms with van der Waals surface area (Å²) in [6.45, 7) is 19.4. The molecule has 1 rings (SSSR count). The van der Waals surface area contributed by atoms with Crippen LogP contribution < -0.4 is 4.74 Å². The Hall–Kier alpha value is -2.36. The van der Waals surface area contributed by atoms with Crippen LogP contribution in [0.2, 0.25) is 18.1 Å². The summed E-state index contributed by atoms with van der Waals surface area (Å²) in [4.78, 5) is 12.0. The summed E-state index contributed by atoms with van der Waals surface area (Å²) < 4.78 is 38.2. The SMILES string of the molecule is COc1ccc(COC(/C(O)=C(/O)CCOC(=O)C(C)(C)C)/C(F)=C\[C@@H](C)[C@@H](C)O[Si](C)(C)C(C)(C)C)cc1. The normalized spacial score (nSPS) is 16.3. The van der Waals surface area contributed by atoms with E-state index in [1.54, 1.807) is 52.1 Å². The third-order valence-electron chi connectivity index (χ3n) is 7.00. The van der Waals surface area contributed by atoms with Crippen molar-refractivity contribution in [2.75, 3.05) is 13.7 Å². The van der Waals surface area contributed by atoms with Gasteiger partial charge in [-0.15, -0.1) is 0 Å². The number of halogens is 1. The number of rotatable bonds is 13. The molecule has 3 atom stereocenters. The maximum Gasteiger partial charge on any atom is 0.311 e. The summed E-state index contributed by atoms with van der Waals surface area (Å²) in [5, 5.41) is 21.3. The molecule has 1 unspecified atom stereocenters. The van der Waals surface area contributed by atoms with Crippen molar-refractivity contribution in [3.05, 3.63) is 53.3 Å². The summed E-state index contributed by atoms with van der Waals surface area (Å²) in [5.41, 5.74) is 0.0159. The van der Waals surface area contributed by atoms with Crippen LogP contribution in [0.15, 0.2) is 47.7 Å². The predicted octanol–water partition coefficient (Wildman–Crippen LogP) is 7.79. The van der Waals surface area contributed by atoms with E-state index in [0.29, 0.717) is 5.75 Å². The van der Waals surface area contributed by atoms with E-state index >= 15 is 4.39 Å². The van der Waals surface area contributed by atoms with Gasteiger partial charge in [-0.25, -0.2) is 4.39 Å². The van der Waals surface area contributed by atoms with Crippen molar-refractivity contribution < 1.29 is 38.0 Å². The second-order valence-electron chi connectivity index (χ2n) is 12.5. The Labute approximate surface area is 235 Å². The number of aliphatic hydroxyl groups excluding tert-OH is 2. The fourth-order valence-corrected chi connectivity index (χ4v) is 4.65. The van der Waals surface area contributed by atoms with Crippen molar-refractivity contribution in [2.24, 2.45) is 11.3 Å². The van der Waals surface area contributed by atoms with Gasteiger partial charge < -0.3 is 28.8 Å². The molecule has 0 saturated heterocycles. The lowest BCUT2D eigenvalue weighted by molar-refractivity contribution is -0.152. The molecule has 0 heterocycles. The number of esters is 1. The first-order chi connectivity index (χ1) is 17.8. The van der Waals surface area contributed by atoms with E-state index in [1.165, 1.54) is 6.08 Å². The number of benzene rings is 1. The van der Waals surface area contributed by atoms with Gasteiger partial charge in [-0.3, -0.25) is 4.79 Å². The molecular formula is C30H49FO7Si. The molecule has 0 radical (unpaired) electrons. The molecule has 0 saturated carbocycles. The molecule has 0 fully saturated rings. The number of aliphatic hydroxyl groups is 2. The number of methoxy groups -OCH3 is 1. The van der Waals surface area contributed by atoms with Crippen LogP contribution in [-0.2, 0) is 25.3 Å². The number of carbonyl (C=O) groups is 1. The van der Waals surface area contributed by atoms with Crippen molar-refractivity contribution in [1.82, 2.24) is 0 Å². The molecule has 0 aliphatic carbocycles. The summed E-state index contributed by atoms with van der Waals surface area (Å²) in [7, 11) is -0.528. The van der Waals surface area contributed by atoms with Crippen LogP contribution in [-0.4, -0.2) is 50.4 Å². The second kappa shape index (κ2) is 14.3. The molecule has 9 heteroatoms. The molecule has 0 aliphatic rings. The third kappa shape index (κ3) is 11.0. The molecule has 0 aliphatic heterocycles. The number of hydrogen-bond acceptors (Lipinski definition) is 7. The zero-order valence-corrected chi connectivity index (χ0v) is 26.6. The van der Waals surface area contributed by atoms with Gasteiger partial charge in [0.2, 0.25) is 0 Å². The maximum absolute atomic E-state index is 15.7. The Morgan fingerprint density at radius 2 is 1.62 bits per heavy atom. The van der Waals surface area contributed by atoms with Crippen molar-refractivity contribution >= 4 is 14.3 Å². The van der Waals surface area contributed by atoms with Gasteiger partial charge >= 0.3 is 5.97 Å². The first-order valence-corrected chi connectivity index (χ1v) is 16.3. The minimum atomic E-state index is -2.09. The predicted molar refractivity (Wildman–Crippen MR) is 155 cm³/mol. The Morgan fingerprint density at radius 1 is 1.05 bits per heavy atom. The quantitative estimate of drug-likeness (QED) is 0.142. The minimum absolute atomic E-state index is 0.00348. The first kappa shape index (κ1) is 34.7. The van der Waals surface area contributed by atoms with Gasteiger partial charge in [0.15, 0.2) is 20.2 Å². The van der Waals surface area contributed by atoms with E-state index in [-0.39, 0.29) is 36.7 Å². The van der Waals surface area contributed by atoms with E-state index in [1.807, 2.05) is 13.8 Å². The first-order valence-electron chi connectivity index (χ1n) is 13.4. The molecule has 0 amide bonds.